The van der Waals surface area contributed by atoms with E-state index in [2.05, 4.69) is 14.5 Å². The molecule has 0 spiro atoms. The third-order valence-electron chi connectivity index (χ3n) is 3.13. The van der Waals surface area contributed by atoms with E-state index in [1.54, 1.807) is 0 Å². The van der Waals surface area contributed by atoms with Crippen molar-refractivity contribution in [3.8, 4) is 0 Å². The van der Waals surface area contributed by atoms with Crippen LogP contribution >= 0.6 is 0 Å². The highest BCUT2D eigenvalue weighted by atomic mass is 16.3. The number of rotatable bonds is 3. The van der Waals surface area contributed by atoms with Gasteiger partial charge in [-0.15, -0.1) is 0 Å². The van der Waals surface area contributed by atoms with Crippen molar-refractivity contribution in [1.82, 2.24) is 9.55 Å². The summed E-state index contributed by atoms with van der Waals surface area (Å²) in [6.07, 6.45) is 7.18. The van der Waals surface area contributed by atoms with Gasteiger partial charge in [-0.25, -0.2) is 4.98 Å². The first kappa shape index (κ1) is 10.5. The first-order chi connectivity index (χ1) is 7.31. The fourth-order valence-corrected chi connectivity index (χ4v) is 2.33. The van der Waals surface area contributed by atoms with Gasteiger partial charge < -0.3 is 14.6 Å². The first-order valence-electron chi connectivity index (χ1n) is 5.64. The number of aliphatic hydroxyl groups excluding tert-OH is 1. The maximum Gasteiger partial charge on any atom is 0.205 e. The van der Waals surface area contributed by atoms with E-state index in [0.29, 0.717) is 12.5 Å². The monoisotopic (exact) mass is 209 g/mol. The molecule has 1 aliphatic rings. The number of piperidine rings is 1. The molecule has 1 saturated heterocycles. The molecule has 2 heterocycles. The average molecular weight is 209 g/mol. The fraction of sp³-hybridized carbons (Fsp3) is 0.727. The highest BCUT2D eigenvalue weighted by molar-refractivity contribution is 5.31. The van der Waals surface area contributed by atoms with Crippen molar-refractivity contribution in [2.24, 2.45) is 13.0 Å². The molecule has 1 fully saturated rings. The number of hydrogen-bond donors (Lipinski definition) is 1. The Bertz CT molecular complexity index is 309. The van der Waals surface area contributed by atoms with Crippen molar-refractivity contribution in [3.63, 3.8) is 0 Å². The predicted molar refractivity (Wildman–Crippen MR) is 59.8 cm³/mol. The summed E-state index contributed by atoms with van der Waals surface area (Å²) < 4.78 is 2.06. The number of imidazole rings is 1. The summed E-state index contributed by atoms with van der Waals surface area (Å²) in [7, 11) is 2.03. The molecule has 84 valence electrons. The van der Waals surface area contributed by atoms with E-state index in [0.717, 1.165) is 25.5 Å². The standard InChI is InChI=1S/C11H19N3O/c1-13-7-5-12-11(13)14-6-2-3-10(9-14)4-8-15/h5,7,10,15H,2-4,6,8-9H2,1H3. The van der Waals surface area contributed by atoms with Crippen molar-refractivity contribution in [2.75, 3.05) is 24.6 Å². The molecule has 0 bridgehead atoms. The Kier molecular flexibility index (Phi) is 3.26. The van der Waals surface area contributed by atoms with Gasteiger partial charge in [0.2, 0.25) is 5.95 Å². The molecule has 1 aliphatic heterocycles. The molecule has 1 aromatic heterocycles. The van der Waals surface area contributed by atoms with Crippen LogP contribution in [0.1, 0.15) is 19.3 Å². The minimum absolute atomic E-state index is 0.305. The second-order valence-electron chi connectivity index (χ2n) is 4.30. The van der Waals surface area contributed by atoms with Crippen LogP contribution in [0.2, 0.25) is 0 Å². The van der Waals surface area contributed by atoms with Crippen LogP contribution in [0.4, 0.5) is 5.95 Å². The number of aryl methyl sites for hydroxylation is 1. The molecule has 1 N–H and O–H groups in total. The van der Waals surface area contributed by atoms with Crippen LogP contribution in [0.5, 0.6) is 0 Å². The van der Waals surface area contributed by atoms with Crippen LogP contribution in [-0.4, -0.2) is 34.4 Å². The summed E-state index contributed by atoms with van der Waals surface area (Å²) in [4.78, 5) is 6.68. The van der Waals surface area contributed by atoms with Crippen LogP contribution in [0.25, 0.3) is 0 Å². The lowest BCUT2D eigenvalue weighted by Gasteiger charge is -2.33. The lowest BCUT2D eigenvalue weighted by molar-refractivity contribution is 0.243. The summed E-state index contributed by atoms with van der Waals surface area (Å²) in [6.45, 7) is 2.43. The van der Waals surface area contributed by atoms with Gasteiger partial charge in [0.1, 0.15) is 0 Å². The summed E-state index contributed by atoms with van der Waals surface area (Å²) >= 11 is 0. The fourth-order valence-electron chi connectivity index (χ4n) is 2.33. The normalized spacial score (nSPS) is 22.0. The molecule has 0 amide bonds. The van der Waals surface area contributed by atoms with Gasteiger partial charge >= 0.3 is 0 Å². The maximum atomic E-state index is 8.95. The SMILES string of the molecule is Cn1ccnc1N1CCCC(CCO)C1. The van der Waals surface area contributed by atoms with Gasteiger partial charge in [-0.05, 0) is 25.2 Å². The highest BCUT2D eigenvalue weighted by Crippen LogP contribution is 2.23. The van der Waals surface area contributed by atoms with E-state index in [1.807, 2.05) is 19.4 Å². The Morgan fingerprint density at radius 2 is 2.47 bits per heavy atom. The molecule has 1 aromatic rings. The smallest absolute Gasteiger partial charge is 0.205 e. The summed E-state index contributed by atoms with van der Waals surface area (Å²) in [6, 6.07) is 0. The van der Waals surface area contributed by atoms with E-state index in [1.165, 1.54) is 12.8 Å². The zero-order valence-corrected chi connectivity index (χ0v) is 9.26. The Balaban J connectivity index is 2.01. The van der Waals surface area contributed by atoms with Gasteiger partial charge in [0.15, 0.2) is 0 Å². The second kappa shape index (κ2) is 4.66. The van der Waals surface area contributed by atoms with Crippen LogP contribution < -0.4 is 4.90 Å². The number of aromatic nitrogens is 2. The molecular weight excluding hydrogens is 190 g/mol. The van der Waals surface area contributed by atoms with Crippen LogP contribution in [-0.2, 0) is 7.05 Å². The maximum absolute atomic E-state index is 8.95. The third-order valence-corrected chi connectivity index (χ3v) is 3.13. The van der Waals surface area contributed by atoms with Crippen molar-refractivity contribution in [1.29, 1.82) is 0 Å². The summed E-state index contributed by atoms with van der Waals surface area (Å²) in [5.41, 5.74) is 0. The van der Waals surface area contributed by atoms with Crippen molar-refractivity contribution in [2.45, 2.75) is 19.3 Å². The Morgan fingerprint density at radius 1 is 1.60 bits per heavy atom. The van der Waals surface area contributed by atoms with Gasteiger partial charge in [-0.2, -0.15) is 0 Å². The highest BCUT2D eigenvalue weighted by Gasteiger charge is 2.21. The van der Waals surface area contributed by atoms with E-state index in [-0.39, 0.29) is 0 Å². The molecule has 4 heteroatoms. The van der Waals surface area contributed by atoms with E-state index < -0.39 is 0 Å². The molecule has 2 rings (SSSR count). The molecule has 15 heavy (non-hydrogen) atoms. The quantitative estimate of drug-likeness (QED) is 0.808. The minimum Gasteiger partial charge on any atom is -0.396 e. The first-order valence-corrected chi connectivity index (χ1v) is 5.64. The van der Waals surface area contributed by atoms with Crippen LogP contribution in [0, 0.1) is 5.92 Å². The molecule has 0 radical (unpaired) electrons. The third kappa shape index (κ3) is 2.31. The van der Waals surface area contributed by atoms with E-state index in [4.69, 9.17) is 5.11 Å². The van der Waals surface area contributed by atoms with Gasteiger partial charge in [-0.1, -0.05) is 0 Å². The second-order valence-corrected chi connectivity index (χ2v) is 4.30. The largest absolute Gasteiger partial charge is 0.396 e. The molecule has 0 saturated carbocycles. The summed E-state index contributed by atoms with van der Waals surface area (Å²) in [5, 5.41) is 8.95. The van der Waals surface area contributed by atoms with Crippen LogP contribution in [0.15, 0.2) is 12.4 Å². The van der Waals surface area contributed by atoms with E-state index >= 15 is 0 Å². The topological polar surface area (TPSA) is 41.3 Å². The van der Waals surface area contributed by atoms with Gasteiger partial charge in [0, 0.05) is 39.1 Å². The lowest BCUT2D eigenvalue weighted by atomic mass is 9.95. The van der Waals surface area contributed by atoms with Crippen molar-refractivity contribution in [3.05, 3.63) is 12.4 Å². The van der Waals surface area contributed by atoms with Gasteiger partial charge in [-0.3, -0.25) is 0 Å². The number of aliphatic hydroxyl groups is 1. The predicted octanol–water partition coefficient (Wildman–Crippen LogP) is 1.02. The summed E-state index contributed by atoms with van der Waals surface area (Å²) in [5.74, 6) is 1.68. The Hall–Kier alpha value is -1.03. The Labute approximate surface area is 90.5 Å². The molecule has 1 unspecified atom stereocenters. The molecule has 1 atom stereocenters. The molecule has 0 aliphatic carbocycles. The van der Waals surface area contributed by atoms with Crippen LogP contribution in [0.3, 0.4) is 0 Å². The minimum atomic E-state index is 0.305. The van der Waals surface area contributed by atoms with Crippen molar-refractivity contribution >= 4 is 5.95 Å². The van der Waals surface area contributed by atoms with Gasteiger partial charge in [0.05, 0.1) is 0 Å². The van der Waals surface area contributed by atoms with Crippen molar-refractivity contribution < 1.29 is 5.11 Å². The lowest BCUT2D eigenvalue weighted by Crippen LogP contribution is -2.37. The molecule has 4 nitrogen and oxygen atoms in total. The number of nitrogens with zero attached hydrogens (tertiary/aromatic N) is 3. The van der Waals surface area contributed by atoms with Gasteiger partial charge in [0.25, 0.3) is 0 Å². The zero-order chi connectivity index (χ0) is 10.7. The molecule has 0 aromatic carbocycles. The molecular formula is C11H19N3O. The number of anilines is 1. The Morgan fingerprint density at radius 3 is 3.13 bits per heavy atom. The van der Waals surface area contributed by atoms with E-state index in [9.17, 15) is 0 Å². The average Bonchev–Trinajstić information content (AvgIpc) is 2.65. The zero-order valence-electron chi connectivity index (χ0n) is 9.26. The number of hydrogen-bond acceptors (Lipinski definition) is 3.